The van der Waals surface area contributed by atoms with Crippen molar-refractivity contribution in [2.75, 3.05) is 25.0 Å². The van der Waals surface area contributed by atoms with E-state index in [1.807, 2.05) is 0 Å². The highest BCUT2D eigenvalue weighted by Crippen LogP contribution is 2.20. The fourth-order valence-electron chi connectivity index (χ4n) is 2.30. The maximum Gasteiger partial charge on any atom is 0.256 e. The summed E-state index contributed by atoms with van der Waals surface area (Å²) >= 11 is 3.27. The summed E-state index contributed by atoms with van der Waals surface area (Å²) in [5.41, 5.74) is -0.436. The summed E-state index contributed by atoms with van der Waals surface area (Å²) in [7, 11) is 0. The van der Waals surface area contributed by atoms with E-state index in [2.05, 4.69) is 15.9 Å². The van der Waals surface area contributed by atoms with Gasteiger partial charge in [-0.3, -0.25) is 4.79 Å². The maximum atomic E-state index is 13.6. The highest BCUT2D eigenvalue weighted by molar-refractivity contribution is 9.09. The van der Waals surface area contributed by atoms with E-state index in [4.69, 9.17) is 4.74 Å². The second kappa shape index (κ2) is 7.26. The molecule has 0 bridgehead atoms. The molecule has 116 valence electrons. The van der Waals surface area contributed by atoms with Crippen molar-refractivity contribution >= 4 is 21.8 Å². The van der Waals surface area contributed by atoms with Crippen LogP contribution < -0.4 is 0 Å². The van der Waals surface area contributed by atoms with Crippen LogP contribution in [0.4, 0.5) is 13.2 Å². The first-order valence-electron chi connectivity index (χ1n) is 6.65. The Morgan fingerprint density at radius 3 is 2.52 bits per heavy atom. The zero-order valence-corrected chi connectivity index (χ0v) is 12.8. The summed E-state index contributed by atoms with van der Waals surface area (Å²) in [4.78, 5) is 13.6. The monoisotopic (exact) mass is 365 g/mol. The van der Waals surface area contributed by atoms with Gasteiger partial charge in [0.25, 0.3) is 5.91 Å². The van der Waals surface area contributed by atoms with Gasteiger partial charge in [-0.05, 0) is 25.0 Å². The van der Waals surface area contributed by atoms with E-state index in [0.29, 0.717) is 32.5 Å². The Kier molecular flexibility index (Phi) is 5.64. The lowest BCUT2D eigenvalue weighted by Gasteiger charge is -2.32. The number of amides is 1. The van der Waals surface area contributed by atoms with Gasteiger partial charge in [0.15, 0.2) is 17.5 Å². The van der Waals surface area contributed by atoms with Gasteiger partial charge in [-0.25, -0.2) is 13.2 Å². The Balaban J connectivity index is 2.01. The molecule has 0 aliphatic carbocycles. The van der Waals surface area contributed by atoms with Gasteiger partial charge in [0.2, 0.25) is 0 Å². The van der Waals surface area contributed by atoms with Crippen molar-refractivity contribution in [2.24, 2.45) is 0 Å². The predicted molar refractivity (Wildman–Crippen MR) is 75.0 cm³/mol. The molecule has 0 unspecified atom stereocenters. The molecule has 1 saturated heterocycles. The number of halogens is 4. The van der Waals surface area contributed by atoms with Crippen LogP contribution in [0.2, 0.25) is 0 Å². The molecule has 1 heterocycles. The average molecular weight is 366 g/mol. The molecule has 3 nitrogen and oxygen atoms in total. The molecule has 7 heteroatoms. The molecule has 1 aromatic rings. The van der Waals surface area contributed by atoms with Gasteiger partial charge in [0.1, 0.15) is 0 Å². The molecule has 1 aromatic carbocycles. The highest BCUT2D eigenvalue weighted by Gasteiger charge is 2.27. The van der Waals surface area contributed by atoms with E-state index in [1.54, 1.807) is 0 Å². The molecule has 0 N–H and O–H groups in total. The number of nitrogens with zero attached hydrogens (tertiary/aromatic N) is 1. The predicted octanol–water partition coefficient (Wildman–Crippen LogP) is 3.12. The van der Waals surface area contributed by atoms with Gasteiger partial charge in [-0.1, -0.05) is 15.9 Å². The van der Waals surface area contributed by atoms with Crippen molar-refractivity contribution in [1.29, 1.82) is 0 Å². The Morgan fingerprint density at radius 1 is 1.24 bits per heavy atom. The molecule has 0 saturated carbocycles. The largest absolute Gasteiger partial charge is 0.377 e. The molecule has 1 aliphatic rings. The summed E-state index contributed by atoms with van der Waals surface area (Å²) in [5, 5.41) is 0.742. The maximum absolute atomic E-state index is 13.6. The van der Waals surface area contributed by atoms with E-state index in [9.17, 15) is 18.0 Å². The first-order chi connectivity index (χ1) is 10.0. The van der Waals surface area contributed by atoms with Crippen molar-refractivity contribution < 1.29 is 22.7 Å². The lowest BCUT2D eigenvalue weighted by Crippen LogP contribution is -2.41. The van der Waals surface area contributed by atoms with Crippen LogP contribution in [0.25, 0.3) is 0 Å². The SMILES string of the molecule is O=C(c1ccc(F)c(F)c1F)N1CCC(OCCBr)CC1. The molecule has 0 spiro atoms. The number of benzene rings is 1. The van der Waals surface area contributed by atoms with Crippen molar-refractivity contribution in [3.63, 3.8) is 0 Å². The van der Waals surface area contributed by atoms with Crippen LogP contribution >= 0.6 is 15.9 Å². The lowest BCUT2D eigenvalue weighted by molar-refractivity contribution is 0.0158. The van der Waals surface area contributed by atoms with Gasteiger partial charge in [-0.2, -0.15) is 0 Å². The minimum Gasteiger partial charge on any atom is -0.377 e. The number of ether oxygens (including phenoxy) is 1. The van der Waals surface area contributed by atoms with Crippen LogP contribution in [-0.2, 0) is 4.74 Å². The Bertz CT molecular complexity index is 519. The third-order valence-electron chi connectivity index (χ3n) is 3.43. The van der Waals surface area contributed by atoms with Gasteiger partial charge in [-0.15, -0.1) is 0 Å². The van der Waals surface area contributed by atoms with E-state index >= 15 is 0 Å². The highest BCUT2D eigenvalue weighted by atomic mass is 79.9. The number of likely N-dealkylation sites (tertiary alicyclic amines) is 1. The average Bonchev–Trinajstić information content (AvgIpc) is 2.51. The van der Waals surface area contributed by atoms with Gasteiger partial charge in [0.05, 0.1) is 18.3 Å². The number of piperidine rings is 1. The normalized spacial score (nSPS) is 16.3. The van der Waals surface area contributed by atoms with Crippen LogP contribution in [0, 0.1) is 17.5 Å². The van der Waals surface area contributed by atoms with Crippen molar-refractivity contribution in [3.8, 4) is 0 Å². The Labute approximate surface area is 129 Å². The van der Waals surface area contributed by atoms with Crippen molar-refractivity contribution in [1.82, 2.24) is 4.90 Å². The fourth-order valence-corrected chi connectivity index (χ4v) is 2.49. The Hall–Kier alpha value is -1.08. The van der Waals surface area contributed by atoms with Gasteiger partial charge >= 0.3 is 0 Å². The van der Waals surface area contributed by atoms with Gasteiger partial charge < -0.3 is 9.64 Å². The first kappa shape index (κ1) is 16.3. The van der Waals surface area contributed by atoms with Crippen molar-refractivity contribution in [2.45, 2.75) is 18.9 Å². The second-order valence-electron chi connectivity index (χ2n) is 4.77. The number of hydrogen-bond donors (Lipinski definition) is 0. The number of carbonyl (C=O) groups excluding carboxylic acids is 1. The molecular formula is C14H15BrF3NO2. The Morgan fingerprint density at radius 2 is 1.90 bits per heavy atom. The van der Waals surface area contributed by atoms with Crippen LogP contribution in [0.15, 0.2) is 12.1 Å². The minimum absolute atomic E-state index is 0.0707. The third-order valence-corrected chi connectivity index (χ3v) is 3.75. The van der Waals surface area contributed by atoms with E-state index in [-0.39, 0.29) is 6.10 Å². The number of rotatable bonds is 4. The molecular weight excluding hydrogens is 351 g/mol. The van der Waals surface area contributed by atoms with E-state index < -0.39 is 28.9 Å². The molecule has 21 heavy (non-hydrogen) atoms. The van der Waals surface area contributed by atoms with Crippen LogP contribution in [0.1, 0.15) is 23.2 Å². The van der Waals surface area contributed by atoms with Crippen LogP contribution in [-0.4, -0.2) is 41.9 Å². The molecule has 2 rings (SSSR count). The fraction of sp³-hybridized carbons (Fsp3) is 0.500. The van der Waals surface area contributed by atoms with E-state index in [1.165, 1.54) is 4.90 Å². The number of hydrogen-bond acceptors (Lipinski definition) is 2. The smallest absolute Gasteiger partial charge is 0.256 e. The summed E-state index contributed by atoms with van der Waals surface area (Å²) < 4.78 is 45.2. The van der Waals surface area contributed by atoms with Crippen molar-refractivity contribution in [3.05, 3.63) is 35.1 Å². The number of alkyl halides is 1. The molecule has 1 aliphatic heterocycles. The molecule has 0 atom stereocenters. The quantitative estimate of drug-likeness (QED) is 0.606. The standard InChI is InChI=1S/C14H15BrF3NO2/c15-5-8-21-9-3-6-19(7-4-9)14(20)10-1-2-11(16)13(18)12(10)17/h1-2,9H,3-8H2. The molecule has 0 radical (unpaired) electrons. The first-order valence-corrected chi connectivity index (χ1v) is 7.77. The van der Waals surface area contributed by atoms with Crippen LogP contribution in [0.3, 0.4) is 0 Å². The zero-order chi connectivity index (χ0) is 15.4. The van der Waals surface area contributed by atoms with Crippen LogP contribution in [0.5, 0.6) is 0 Å². The zero-order valence-electron chi connectivity index (χ0n) is 11.3. The van der Waals surface area contributed by atoms with E-state index in [0.717, 1.165) is 17.5 Å². The number of carbonyl (C=O) groups is 1. The summed E-state index contributed by atoms with van der Waals surface area (Å²) in [6.45, 7) is 1.41. The topological polar surface area (TPSA) is 29.5 Å². The molecule has 0 aromatic heterocycles. The summed E-state index contributed by atoms with van der Waals surface area (Å²) in [5.74, 6) is -4.97. The molecule has 1 amide bonds. The lowest BCUT2D eigenvalue weighted by atomic mass is 10.1. The molecule has 1 fully saturated rings. The summed E-state index contributed by atoms with van der Waals surface area (Å²) in [6.07, 6.45) is 1.36. The van der Waals surface area contributed by atoms with Gasteiger partial charge in [0, 0.05) is 18.4 Å². The summed E-state index contributed by atoms with van der Waals surface area (Å²) in [6, 6.07) is 1.74. The second-order valence-corrected chi connectivity index (χ2v) is 5.57. The minimum atomic E-state index is -1.61. The third kappa shape index (κ3) is 3.77.